The van der Waals surface area contributed by atoms with Crippen molar-refractivity contribution >= 4 is 40.2 Å². The molecule has 5 nitrogen and oxygen atoms in total. The third-order valence-electron chi connectivity index (χ3n) is 3.05. The molecule has 0 aliphatic heterocycles. The van der Waals surface area contributed by atoms with E-state index in [0.717, 1.165) is 16.7 Å². The van der Waals surface area contributed by atoms with Gasteiger partial charge in [0.1, 0.15) is 5.52 Å². The molecule has 0 bridgehead atoms. The molecule has 0 fully saturated rings. The van der Waals surface area contributed by atoms with E-state index in [1.54, 1.807) is 17.5 Å². The van der Waals surface area contributed by atoms with Gasteiger partial charge in [-0.05, 0) is 40.9 Å². The summed E-state index contributed by atoms with van der Waals surface area (Å²) in [4.78, 5) is 19.8. The number of carbonyl (C=O) groups is 1. The molecule has 3 aromatic heterocycles. The maximum absolute atomic E-state index is 10.8. The minimum atomic E-state index is -0.848. The third kappa shape index (κ3) is 2.93. The van der Waals surface area contributed by atoms with Crippen LogP contribution in [-0.4, -0.2) is 31.4 Å². The van der Waals surface area contributed by atoms with Gasteiger partial charge in [-0.15, -0.1) is 0 Å². The quantitative estimate of drug-likeness (QED) is 0.732. The second-order valence-electron chi connectivity index (χ2n) is 4.59. The molecule has 0 aliphatic carbocycles. The molecular weight excluding hydrogens is 306 g/mol. The molecule has 7 heteroatoms. The molecule has 3 aromatic rings. The number of aliphatic carboxylic acids is 1. The van der Waals surface area contributed by atoms with E-state index in [4.69, 9.17) is 5.11 Å². The van der Waals surface area contributed by atoms with E-state index in [1.165, 1.54) is 17.3 Å². The number of thiophene rings is 1. The summed E-state index contributed by atoms with van der Waals surface area (Å²) in [6.07, 6.45) is 1.76. The second kappa shape index (κ2) is 5.87. The molecule has 0 radical (unpaired) electrons. The van der Waals surface area contributed by atoms with Gasteiger partial charge in [0.25, 0.3) is 0 Å². The largest absolute Gasteiger partial charge is 0.481 e. The first-order valence-electron chi connectivity index (χ1n) is 6.32. The summed E-state index contributed by atoms with van der Waals surface area (Å²) in [5.74, 6) is -0.856. The van der Waals surface area contributed by atoms with Crippen molar-refractivity contribution in [2.24, 2.45) is 0 Å². The fraction of sp³-hybridized carbons (Fsp3) is 0.214. The van der Waals surface area contributed by atoms with Crippen LogP contribution in [0.5, 0.6) is 0 Å². The van der Waals surface area contributed by atoms with Crippen LogP contribution in [0.3, 0.4) is 0 Å². The number of hydrogen-bond acceptors (Lipinski definition) is 5. The Morgan fingerprint density at radius 1 is 1.48 bits per heavy atom. The van der Waals surface area contributed by atoms with Crippen molar-refractivity contribution in [1.82, 2.24) is 14.5 Å². The molecule has 0 aliphatic rings. The number of fused-ring (bicyclic) bond motifs is 1. The predicted molar refractivity (Wildman–Crippen MR) is 84.0 cm³/mol. The highest BCUT2D eigenvalue weighted by Crippen LogP contribution is 2.26. The maximum Gasteiger partial charge on any atom is 0.313 e. The van der Waals surface area contributed by atoms with E-state index in [2.05, 4.69) is 21.4 Å². The monoisotopic (exact) mass is 319 g/mol. The molecule has 1 N–H and O–H groups in total. The van der Waals surface area contributed by atoms with E-state index in [0.29, 0.717) is 11.7 Å². The van der Waals surface area contributed by atoms with Crippen molar-refractivity contribution in [3.05, 3.63) is 40.2 Å². The molecule has 0 saturated carbocycles. The molecule has 0 spiro atoms. The molecule has 0 saturated heterocycles. The standard InChI is InChI=1S/C14H13N3O2S2/c1-9-2-4-15-13-12(9)16-14(21-8-11(18)19)17(13)6-10-3-5-20-7-10/h2-5,7H,6,8H2,1H3,(H,18,19). The highest BCUT2D eigenvalue weighted by molar-refractivity contribution is 7.99. The summed E-state index contributed by atoms with van der Waals surface area (Å²) in [5.41, 5.74) is 3.84. The molecular formula is C14H13N3O2S2. The zero-order chi connectivity index (χ0) is 14.8. The number of pyridine rings is 1. The summed E-state index contributed by atoms with van der Waals surface area (Å²) >= 11 is 2.87. The van der Waals surface area contributed by atoms with Gasteiger partial charge in [-0.3, -0.25) is 9.36 Å². The zero-order valence-corrected chi connectivity index (χ0v) is 12.9. The van der Waals surface area contributed by atoms with Gasteiger partial charge in [0.15, 0.2) is 10.8 Å². The van der Waals surface area contributed by atoms with Crippen LogP contribution in [-0.2, 0) is 11.3 Å². The van der Waals surface area contributed by atoms with Gasteiger partial charge < -0.3 is 5.11 Å². The van der Waals surface area contributed by atoms with Crippen LogP contribution in [0.1, 0.15) is 11.1 Å². The lowest BCUT2D eigenvalue weighted by molar-refractivity contribution is -0.133. The van der Waals surface area contributed by atoms with Crippen LogP contribution < -0.4 is 0 Å². The Balaban J connectivity index is 2.06. The van der Waals surface area contributed by atoms with Crippen molar-refractivity contribution in [3.8, 4) is 0 Å². The second-order valence-corrected chi connectivity index (χ2v) is 6.32. The fourth-order valence-electron chi connectivity index (χ4n) is 2.06. The molecule has 0 atom stereocenters. The van der Waals surface area contributed by atoms with Gasteiger partial charge in [-0.2, -0.15) is 11.3 Å². The van der Waals surface area contributed by atoms with Crippen LogP contribution in [0.4, 0.5) is 0 Å². The number of aromatic nitrogens is 3. The number of rotatable bonds is 5. The van der Waals surface area contributed by atoms with Crippen LogP contribution >= 0.6 is 23.1 Å². The average molecular weight is 319 g/mol. The molecule has 21 heavy (non-hydrogen) atoms. The topological polar surface area (TPSA) is 68.0 Å². The van der Waals surface area contributed by atoms with E-state index in [-0.39, 0.29) is 5.75 Å². The van der Waals surface area contributed by atoms with Crippen molar-refractivity contribution in [2.75, 3.05) is 5.75 Å². The first-order valence-corrected chi connectivity index (χ1v) is 8.25. The van der Waals surface area contributed by atoms with Crippen molar-refractivity contribution in [1.29, 1.82) is 0 Å². The Hall–Kier alpha value is -1.86. The van der Waals surface area contributed by atoms with E-state index >= 15 is 0 Å². The number of thioether (sulfide) groups is 1. The first kappa shape index (κ1) is 14.1. The third-order valence-corrected chi connectivity index (χ3v) is 4.74. The van der Waals surface area contributed by atoms with Gasteiger partial charge >= 0.3 is 5.97 Å². The molecule has 0 amide bonds. The minimum absolute atomic E-state index is 0.00793. The average Bonchev–Trinajstić information content (AvgIpc) is 3.07. The molecule has 3 heterocycles. The van der Waals surface area contributed by atoms with Crippen LogP contribution in [0, 0.1) is 6.92 Å². The molecule has 0 unspecified atom stereocenters. The van der Waals surface area contributed by atoms with Gasteiger partial charge in [-0.25, -0.2) is 9.97 Å². The molecule has 3 rings (SSSR count). The number of imidazole rings is 1. The zero-order valence-electron chi connectivity index (χ0n) is 11.3. The van der Waals surface area contributed by atoms with E-state index in [1.807, 2.05) is 22.9 Å². The van der Waals surface area contributed by atoms with Gasteiger partial charge in [0.2, 0.25) is 0 Å². The van der Waals surface area contributed by atoms with Crippen LogP contribution in [0.2, 0.25) is 0 Å². The summed E-state index contributed by atoms with van der Waals surface area (Å²) in [6.45, 7) is 2.63. The summed E-state index contributed by atoms with van der Waals surface area (Å²) in [7, 11) is 0. The fourth-order valence-corrected chi connectivity index (χ4v) is 3.44. The summed E-state index contributed by atoms with van der Waals surface area (Å²) in [5, 5.41) is 13.7. The SMILES string of the molecule is Cc1ccnc2c1nc(SCC(=O)O)n2Cc1ccsc1. The summed E-state index contributed by atoms with van der Waals surface area (Å²) in [6, 6.07) is 3.97. The smallest absolute Gasteiger partial charge is 0.313 e. The number of carboxylic acids is 1. The Kier molecular flexibility index (Phi) is 3.94. The number of carboxylic acid groups (broad SMARTS) is 1. The Morgan fingerprint density at radius 2 is 2.33 bits per heavy atom. The van der Waals surface area contributed by atoms with E-state index < -0.39 is 5.97 Å². The molecule has 108 valence electrons. The van der Waals surface area contributed by atoms with Gasteiger partial charge in [0, 0.05) is 6.20 Å². The lowest BCUT2D eigenvalue weighted by Crippen LogP contribution is -2.04. The Bertz CT molecular complexity index is 781. The van der Waals surface area contributed by atoms with E-state index in [9.17, 15) is 4.79 Å². The normalized spacial score (nSPS) is 11.1. The van der Waals surface area contributed by atoms with Crippen LogP contribution in [0.15, 0.2) is 34.2 Å². The minimum Gasteiger partial charge on any atom is -0.481 e. The van der Waals surface area contributed by atoms with Crippen molar-refractivity contribution in [3.63, 3.8) is 0 Å². The number of aryl methyl sites for hydroxylation is 1. The van der Waals surface area contributed by atoms with Crippen molar-refractivity contribution < 1.29 is 9.90 Å². The van der Waals surface area contributed by atoms with Crippen LogP contribution in [0.25, 0.3) is 11.2 Å². The lowest BCUT2D eigenvalue weighted by Gasteiger charge is -2.06. The Labute approximate surface area is 129 Å². The van der Waals surface area contributed by atoms with Gasteiger partial charge in [0.05, 0.1) is 12.3 Å². The van der Waals surface area contributed by atoms with Crippen molar-refractivity contribution in [2.45, 2.75) is 18.6 Å². The Morgan fingerprint density at radius 3 is 3.05 bits per heavy atom. The highest BCUT2D eigenvalue weighted by atomic mass is 32.2. The maximum atomic E-state index is 10.8. The lowest BCUT2D eigenvalue weighted by atomic mass is 10.3. The number of hydrogen-bond donors (Lipinski definition) is 1. The highest BCUT2D eigenvalue weighted by Gasteiger charge is 2.15. The van der Waals surface area contributed by atoms with Gasteiger partial charge in [-0.1, -0.05) is 11.8 Å². The predicted octanol–water partition coefficient (Wildman–Crippen LogP) is 3.03. The first-order chi connectivity index (χ1) is 10.1. The summed E-state index contributed by atoms with van der Waals surface area (Å²) < 4.78 is 1.98. The number of nitrogens with zero attached hydrogens (tertiary/aromatic N) is 3. The molecule has 0 aromatic carbocycles.